The smallest absolute Gasteiger partial charge is 0.162 e. The average molecular weight is 346 g/mol. The van der Waals surface area contributed by atoms with Crippen molar-refractivity contribution >= 4 is 35.1 Å². The molecule has 0 bridgehead atoms. The molecule has 0 atom stereocenters. The summed E-state index contributed by atoms with van der Waals surface area (Å²) in [6.45, 7) is 0. The molecule has 0 aliphatic carbocycles. The fraction of sp³-hybridized carbons (Fsp3) is 0.188. The van der Waals surface area contributed by atoms with Crippen LogP contribution in [0, 0.1) is 0 Å². The lowest BCUT2D eigenvalue weighted by Gasteiger charge is -2.03. The molecule has 0 N–H and O–H groups in total. The highest BCUT2D eigenvalue weighted by molar-refractivity contribution is 7.13. The van der Waals surface area contributed by atoms with Crippen LogP contribution in [0.4, 0.5) is 5.82 Å². The van der Waals surface area contributed by atoms with Gasteiger partial charge in [-0.3, -0.25) is 4.68 Å². The highest BCUT2D eigenvalue weighted by Gasteiger charge is 2.14. The molecular weight excluding hydrogens is 330 g/mol. The first-order chi connectivity index (χ1) is 11.0. The molecule has 0 spiro atoms. The Morgan fingerprint density at radius 2 is 2.00 bits per heavy atom. The Morgan fingerprint density at radius 3 is 2.70 bits per heavy atom. The van der Waals surface area contributed by atoms with E-state index in [1.165, 1.54) is 0 Å². The summed E-state index contributed by atoms with van der Waals surface area (Å²) in [7, 11) is 5.74. The topological polar surface area (TPSA) is 46.3 Å². The molecule has 0 aliphatic heterocycles. The normalized spacial score (nSPS) is 11.3. The maximum Gasteiger partial charge on any atom is 0.162 e. The summed E-state index contributed by atoms with van der Waals surface area (Å²) in [5.74, 6) is 0.788. The minimum absolute atomic E-state index is 0.719. The third kappa shape index (κ3) is 3.43. The van der Waals surface area contributed by atoms with Crippen LogP contribution in [-0.2, 0) is 7.05 Å². The van der Waals surface area contributed by atoms with Crippen molar-refractivity contribution in [1.82, 2.24) is 19.7 Å². The van der Waals surface area contributed by atoms with Crippen LogP contribution in [0.2, 0.25) is 5.02 Å². The molecule has 5 nitrogen and oxygen atoms in total. The van der Waals surface area contributed by atoms with Gasteiger partial charge in [0, 0.05) is 37.1 Å². The van der Waals surface area contributed by atoms with Gasteiger partial charge in [0.25, 0.3) is 0 Å². The average Bonchev–Trinajstić information content (AvgIpc) is 3.12. The second-order valence-corrected chi connectivity index (χ2v) is 6.55. The van der Waals surface area contributed by atoms with Gasteiger partial charge in [-0.25, -0.2) is 9.98 Å². The van der Waals surface area contributed by atoms with Crippen LogP contribution in [0.15, 0.2) is 40.8 Å². The molecule has 0 saturated carbocycles. The van der Waals surface area contributed by atoms with E-state index in [1.54, 1.807) is 28.6 Å². The number of aromatic nitrogens is 3. The fourth-order valence-electron chi connectivity index (χ4n) is 2.06. The number of benzene rings is 1. The van der Waals surface area contributed by atoms with E-state index in [0.717, 1.165) is 32.7 Å². The summed E-state index contributed by atoms with van der Waals surface area (Å²) < 4.78 is 1.75. The van der Waals surface area contributed by atoms with Gasteiger partial charge >= 0.3 is 0 Å². The summed E-state index contributed by atoms with van der Waals surface area (Å²) in [5, 5.41) is 7.95. The zero-order chi connectivity index (χ0) is 16.4. The molecule has 0 aliphatic rings. The number of hydrogen-bond donors (Lipinski definition) is 0. The van der Waals surface area contributed by atoms with Crippen LogP contribution in [0.5, 0.6) is 0 Å². The number of nitrogens with zero attached hydrogens (tertiary/aromatic N) is 5. The van der Waals surface area contributed by atoms with Gasteiger partial charge in [0.2, 0.25) is 0 Å². The molecule has 2 aromatic heterocycles. The highest BCUT2D eigenvalue weighted by Crippen LogP contribution is 2.34. The van der Waals surface area contributed by atoms with E-state index >= 15 is 0 Å². The maximum absolute atomic E-state index is 5.94. The predicted octanol–water partition coefficient (Wildman–Crippen LogP) is 4.09. The van der Waals surface area contributed by atoms with Gasteiger partial charge in [-0.15, -0.1) is 11.3 Å². The molecule has 0 unspecified atom stereocenters. The molecule has 0 fully saturated rings. The van der Waals surface area contributed by atoms with Gasteiger partial charge < -0.3 is 4.90 Å². The lowest BCUT2D eigenvalue weighted by Crippen LogP contribution is -2.07. The van der Waals surface area contributed by atoms with Gasteiger partial charge in [0.15, 0.2) is 5.82 Å². The van der Waals surface area contributed by atoms with Crippen molar-refractivity contribution in [3.63, 3.8) is 0 Å². The first-order valence-corrected chi connectivity index (χ1v) is 8.25. The van der Waals surface area contributed by atoms with Crippen molar-refractivity contribution in [2.75, 3.05) is 14.1 Å². The van der Waals surface area contributed by atoms with Gasteiger partial charge in [0.1, 0.15) is 5.01 Å². The van der Waals surface area contributed by atoms with Gasteiger partial charge in [-0.05, 0) is 12.1 Å². The Bertz CT molecular complexity index is 833. The zero-order valence-electron chi connectivity index (χ0n) is 13.1. The highest BCUT2D eigenvalue weighted by atomic mass is 35.5. The van der Waals surface area contributed by atoms with E-state index in [9.17, 15) is 0 Å². The molecular formula is C16H16ClN5S. The van der Waals surface area contributed by atoms with Gasteiger partial charge in [-0.1, -0.05) is 23.7 Å². The van der Waals surface area contributed by atoms with Crippen molar-refractivity contribution in [1.29, 1.82) is 0 Å². The number of halogens is 1. The number of thiazole rings is 1. The van der Waals surface area contributed by atoms with E-state index in [-0.39, 0.29) is 0 Å². The monoisotopic (exact) mass is 345 g/mol. The zero-order valence-corrected chi connectivity index (χ0v) is 14.6. The molecule has 3 rings (SSSR count). The van der Waals surface area contributed by atoms with Crippen molar-refractivity contribution in [3.8, 4) is 21.8 Å². The Morgan fingerprint density at radius 1 is 1.26 bits per heavy atom. The number of hydrogen-bond acceptors (Lipinski definition) is 4. The standard InChI is InChI=1S/C16H16ClN5S/c1-21(2)10-18-15-13(8-19-22(15)3)16-20-14(9-23-16)11-4-6-12(17)7-5-11/h4-10H,1-3H3. The molecule has 0 radical (unpaired) electrons. The Labute approximate surface area is 143 Å². The summed E-state index contributed by atoms with van der Waals surface area (Å²) in [4.78, 5) is 11.1. The van der Waals surface area contributed by atoms with Crippen LogP contribution in [0.3, 0.4) is 0 Å². The lowest BCUT2D eigenvalue weighted by molar-refractivity contribution is 0.641. The second-order valence-electron chi connectivity index (χ2n) is 5.26. The second kappa shape index (κ2) is 6.52. The first kappa shape index (κ1) is 15.7. The van der Waals surface area contributed by atoms with Crippen molar-refractivity contribution < 1.29 is 0 Å². The van der Waals surface area contributed by atoms with Gasteiger partial charge in [-0.2, -0.15) is 5.10 Å². The third-order valence-corrected chi connectivity index (χ3v) is 4.32. The summed E-state index contributed by atoms with van der Waals surface area (Å²) in [5.41, 5.74) is 2.89. The van der Waals surface area contributed by atoms with Crippen molar-refractivity contribution in [2.45, 2.75) is 0 Å². The minimum Gasteiger partial charge on any atom is -0.369 e. The third-order valence-electron chi connectivity index (χ3n) is 3.19. The molecule has 1 aromatic carbocycles. The largest absolute Gasteiger partial charge is 0.369 e. The van der Waals surface area contributed by atoms with Crippen LogP contribution < -0.4 is 0 Å². The summed E-state index contributed by atoms with van der Waals surface area (Å²) in [6, 6.07) is 7.67. The summed E-state index contributed by atoms with van der Waals surface area (Å²) in [6.07, 6.45) is 3.56. The Hall–Kier alpha value is -2.18. The molecule has 7 heteroatoms. The minimum atomic E-state index is 0.719. The quantitative estimate of drug-likeness (QED) is 0.528. The van der Waals surface area contributed by atoms with Crippen LogP contribution in [-0.4, -0.2) is 40.1 Å². The van der Waals surface area contributed by atoms with Crippen molar-refractivity contribution in [3.05, 3.63) is 40.9 Å². The van der Waals surface area contributed by atoms with E-state index in [2.05, 4.69) is 10.1 Å². The van der Waals surface area contributed by atoms with E-state index in [0.29, 0.717) is 0 Å². The SMILES string of the molecule is CN(C)C=Nc1c(-c2nc(-c3ccc(Cl)cc3)cs2)cnn1C. The maximum atomic E-state index is 5.94. The van der Waals surface area contributed by atoms with Crippen LogP contribution >= 0.6 is 22.9 Å². The summed E-state index contributed by atoms with van der Waals surface area (Å²) >= 11 is 7.51. The molecule has 3 aromatic rings. The molecule has 0 amide bonds. The Balaban J connectivity index is 1.96. The molecule has 23 heavy (non-hydrogen) atoms. The van der Waals surface area contributed by atoms with Crippen LogP contribution in [0.1, 0.15) is 0 Å². The Kier molecular flexibility index (Phi) is 4.45. The lowest BCUT2D eigenvalue weighted by atomic mass is 10.2. The van der Waals surface area contributed by atoms with Crippen molar-refractivity contribution in [2.24, 2.45) is 12.0 Å². The number of aliphatic imine (C=N–C) groups is 1. The van der Waals surface area contributed by atoms with E-state index in [4.69, 9.17) is 16.6 Å². The van der Waals surface area contributed by atoms with Gasteiger partial charge in [0.05, 0.1) is 23.8 Å². The number of rotatable bonds is 4. The fourth-order valence-corrected chi connectivity index (χ4v) is 3.02. The predicted molar refractivity (Wildman–Crippen MR) is 96.6 cm³/mol. The van der Waals surface area contributed by atoms with E-state index < -0.39 is 0 Å². The molecule has 2 heterocycles. The first-order valence-electron chi connectivity index (χ1n) is 6.99. The van der Waals surface area contributed by atoms with E-state index in [1.807, 2.05) is 55.7 Å². The number of aryl methyl sites for hydroxylation is 1. The van der Waals surface area contributed by atoms with Crippen LogP contribution in [0.25, 0.3) is 21.8 Å². The molecule has 0 saturated heterocycles. The molecule has 118 valence electrons.